The van der Waals surface area contributed by atoms with Gasteiger partial charge in [0.15, 0.2) is 0 Å². The quantitative estimate of drug-likeness (QED) is 0.859. The summed E-state index contributed by atoms with van der Waals surface area (Å²) in [5.41, 5.74) is 1.41. The van der Waals surface area contributed by atoms with Crippen LogP contribution in [0.3, 0.4) is 0 Å². The molecule has 1 aliphatic carbocycles. The summed E-state index contributed by atoms with van der Waals surface area (Å²) >= 11 is 0. The molecule has 1 fully saturated rings. The number of piperazine rings is 1. The van der Waals surface area contributed by atoms with E-state index in [2.05, 4.69) is 28.1 Å². The Morgan fingerprint density at radius 1 is 1.29 bits per heavy atom. The number of benzene rings is 1. The van der Waals surface area contributed by atoms with E-state index in [0.29, 0.717) is 6.61 Å². The molecule has 6 heteroatoms. The zero-order chi connectivity index (χ0) is 17.2. The number of carboxylic acid groups (broad SMARTS) is 1. The number of nitrogens with zero attached hydrogens (tertiary/aromatic N) is 2. The average molecular weight is 333 g/mol. The number of likely N-dealkylation sites (N-methyl/N-ethyl adjacent to an activating group) is 1. The summed E-state index contributed by atoms with van der Waals surface area (Å²) in [6.07, 6.45) is -0.475. The lowest BCUT2D eigenvalue weighted by molar-refractivity contribution is -0.0925. The normalized spacial score (nSPS) is 27.8. The molecular weight excluding hydrogens is 306 g/mol. The predicted molar refractivity (Wildman–Crippen MR) is 92.1 cm³/mol. The van der Waals surface area contributed by atoms with Crippen molar-refractivity contribution < 1.29 is 14.6 Å². The summed E-state index contributed by atoms with van der Waals surface area (Å²) in [5.74, 6) is 0. The minimum absolute atomic E-state index is 0.204. The molecule has 1 saturated heterocycles. The Morgan fingerprint density at radius 3 is 2.62 bits per heavy atom. The van der Waals surface area contributed by atoms with Gasteiger partial charge in [-0.05, 0) is 24.6 Å². The van der Waals surface area contributed by atoms with Crippen molar-refractivity contribution in [3.8, 4) is 0 Å². The monoisotopic (exact) mass is 333 g/mol. The molecule has 1 aromatic carbocycles. The van der Waals surface area contributed by atoms with Gasteiger partial charge in [-0.3, -0.25) is 10.2 Å². The van der Waals surface area contributed by atoms with Crippen LogP contribution in [-0.4, -0.2) is 66.4 Å². The molecule has 1 aromatic rings. The number of carbonyl (C=O) groups is 1. The van der Waals surface area contributed by atoms with E-state index in [1.54, 1.807) is 0 Å². The topological polar surface area (TPSA) is 65.0 Å². The molecule has 0 spiro atoms. The minimum atomic E-state index is -1.01. The first-order valence-electron chi connectivity index (χ1n) is 8.80. The fourth-order valence-electron chi connectivity index (χ4n) is 4.15. The predicted octanol–water partition coefficient (Wildman–Crippen LogP) is 1.71. The Hall–Kier alpha value is -1.63. The van der Waals surface area contributed by atoms with Crippen LogP contribution < -0.4 is 5.32 Å². The highest BCUT2D eigenvalue weighted by Crippen LogP contribution is 2.42. The highest BCUT2D eigenvalue weighted by molar-refractivity contribution is 5.67. The molecule has 2 aliphatic rings. The van der Waals surface area contributed by atoms with E-state index in [1.165, 1.54) is 5.56 Å². The molecule has 0 aromatic heterocycles. The van der Waals surface area contributed by atoms with E-state index in [1.807, 2.05) is 25.1 Å². The lowest BCUT2D eigenvalue weighted by Gasteiger charge is -2.48. The molecule has 0 radical (unpaired) electrons. The van der Waals surface area contributed by atoms with Gasteiger partial charge in [-0.25, -0.2) is 4.79 Å². The second-order valence-corrected chi connectivity index (χ2v) is 6.42. The number of hydrogen-bond donors (Lipinski definition) is 2. The maximum atomic E-state index is 11.7. The van der Waals surface area contributed by atoms with Crippen LogP contribution in [0.4, 0.5) is 4.79 Å². The van der Waals surface area contributed by atoms with Crippen LogP contribution in [0.15, 0.2) is 24.3 Å². The first kappa shape index (κ1) is 17.2. The third kappa shape index (κ3) is 2.90. The molecule has 1 amide bonds. The van der Waals surface area contributed by atoms with Crippen LogP contribution >= 0.6 is 0 Å². The van der Waals surface area contributed by atoms with Crippen molar-refractivity contribution in [3.63, 3.8) is 0 Å². The third-order valence-corrected chi connectivity index (χ3v) is 5.28. The zero-order valence-corrected chi connectivity index (χ0v) is 14.5. The average Bonchev–Trinajstić information content (AvgIpc) is 2.89. The first-order chi connectivity index (χ1) is 11.6. The van der Waals surface area contributed by atoms with E-state index in [4.69, 9.17) is 4.74 Å². The van der Waals surface area contributed by atoms with E-state index < -0.39 is 11.8 Å². The number of fused-ring (bicyclic) bond motifs is 1. The number of hydrogen-bond acceptors (Lipinski definition) is 4. The standard InChI is InChI=1S/C18H27N3O3/c1-3-20-9-11-21(12-10-20)18(19-17(22)23)15-8-6-5-7-14(15)13-16(18)24-4-2/h5-8,16,19H,3-4,9-13H2,1-2H3,(H,22,23). The van der Waals surface area contributed by atoms with Crippen molar-refractivity contribution in [2.24, 2.45) is 0 Å². The maximum absolute atomic E-state index is 11.7. The van der Waals surface area contributed by atoms with Crippen LogP contribution in [0.25, 0.3) is 0 Å². The van der Waals surface area contributed by atoms with Crippen molar-refractivity contribution >= 4 is 6.09 Å². The maximum Gasteiger partial charge on any atom is 0.406 e. The van der Waals surface area contributed by atoms with E-state index in [9.17, 15) is 9.90 Å². The molecule has 2 atom stereocenters. The Labute approximate surface area is 143 Å². The molecule has 1 heterocycles. The summed E-state index contributed by atoms with van der Waals surface area (Å²) in [7, 11) is 0. The molecule has 132 valence electrons. The Morgan fingerprint density at radius 2 is 2.00 bits per heavy atom. The van der Waals surface area contributed by atoms with Crippen molar-refractivity contribution in [3.05, 3.63) is 35.4 Å². The van der Waals surface area contributed by atoms with Gasteiger partial charge in [0.05, 0.1) is 0 Å². The number of rotatable bonds is 5. The fraction of sp³-hybridized carbons (Fsp3) is 0.611. The smallest absolute Gasteiger partial charge is 0.406 e. The van der Waals surface area contributed by atoms with Crippen molar-refractivity contribution in [1.29, 1.82) is 0 Å². The zero-order valence-electron chi connectivity index (χ0n) is 14.5. The fourth-order valence-corrected chi connectivity index (χ4v) is 4.15. The first-order valence-corrected chi connectivity index (χ1v) is 8.80. The molecule has 1 aliphatic heterocycles. The molecular formula is C18H27N3O3. The van der Waals surface area contributed by atoms with Gasteiger partial charge in [0.1, 0.15) is 11.8 Å². The summed E-state index contributed by atoms with van der Waals surface area (Å²) in [5, 5.41) is 12.4. The van der Waals surface area contributed by atoms with Crippen LogP contribution in [-0.2, 0) is 16.8 Å². The third-order valence-electron chi connectivity index (χ3n) is 5.28. The van der Waals surface area contributed by atoms with Crippen LogP contribution in [0.1, 0.15) is 25.0 Å². The van der Waals surface area contributed by atoms with Gasteiger partial charge in [-0.15, -0.1) is 0 Å². The molecule has 0 bridgehead atoms. The van der Waals surface area contributed by atoms with Gasteiger partial charge in [0, 0.05) is 39.2 Å². The Kier molecular flexibility index (Phi) is 5.08. The highest BCUT2D eigenvalue weighted by Gasteiger charge is 2.53. The van der Waals surface area contributed by atoms with Gasteiger partial charge < -0.3 is 14.7 Å². The molecule has 0 saturated carbocycles. The van der Waals surface area contributed by atoms with Crippen LogP contribution in [0.2, 0.25) is 0 Å². The van der Waals surface area contributed by atoms with E-state index in [0.717, 1.165) is 44.7 Å². The van der Waals surface area contributed by atoms with E-state index >= 15 is 0 Å². The van der Waals surface area contributed by atoms with Gasteiger partial charge in [-0.1, -0.05) is 31.2 Å². The summed E-state index contributed by atoms with van der Waals surface area (Å²) in [6.45, 7) is 9.26. The highest BCUT2D eigenvalue weighted by atomic mass is 16.5. The molecule has 2 N–H and O–H groups in total. The molecule has 3 rings (SSSR count). The van der Waals surface area contributed by atoms with Gasteiger partial charge in [0.2, 0.25) is 0 Å². The van der Waals surface area contributed by atoms with Crippen molar-refractivity contribution in [1.82, 2.24) is 15.1 Å². The molecule has 24 heavy (non-hydrogen) atoms. The Balaban J connectivity index is 2.01. The lowest BCUT2D eigenvalue weighted by atomic mass is 9.96. The van der Waals surface area contributed by atoms with Gasteiger partial charge in [0.25, 0.3) is 0 Å². The lowest BCUT2D eigenvalue weighted by Crippen LogP contribution is -2.66. The Bertz CT molecular complexity index is 587. The summed E-state index contributed by atoms with van der Waals surface area (Å²) in [4.78, 5) is 16.3. The van der Waals surface area contributed by atoms with Gasteiger partial charge >= 0.3 is 6.09 Å². The largest absolute Gasteiger partial charge is 0.465 e. The minimum Gasteiger partial charge on any atom is -0.465 e. The van der Waals surface area contributed by atoms with Crippen molar-refractivity contribution in [2.45, 2.75) is 32.0 Å². The van der Waals surface area contributed by atoms with E-state index in [-0.39, 0.29) is 6.10 Å². The van der Waals surface area contributed by atoms with Crippen LogP contribution in [0.5, 0.6) is 0 Å². The molecule has 6 nitrogen and oxygen atoms in total. The number of ether oxygens (including phenoxy) is 1. The summed E-state index contributed by atoms with van der Waals surface area (Å²) < 4.78 is 6.03. The van der Waals surface area contributed by atoms with Gasteiger partial charge in [-0.2, -0.15) is 0 Å². The molecule has 2 unspecified atom stereocenters. The second kappa shape index (κ2) is 7.09. The summed E-state index contributed by atoms with van der Waals surface area (Å²) in [6, 6.07) is 8.10. The number of nitrogens with one attached hydrogen (secondary N) is 1. The van der Waals surface area contributed by atoms with Crippen LogP contribution in [0, 0.1) is 0 Å². The number of amides is 1. The SMILES string of the molecule is CCOC1Cc2ccccc2C1(NC(=O)O)N1CCN(CC)CC1. The van der Waals surface area contributed by atoms with Crippen molar-refractivity contribution in [2.75, 3.05) is 39.3 Å². The second-order valence-electron chi connectivity index (χ2n) is 6.42.